The molecule has 1 atom stereocenters. The molecule has 0 saturated carbocycles. The summed E-state index contributed by atoms with van der Waals surface area (Å²) in [5.41, 5.74) is 2.75. The second-order valence-corrected chi connectivity index (χ2v) is 7.87. The number of allylic oxidation sites excluding steroid dienone is 3. The van der Waals surface area contributed by atoms with E-state index in [1.54, 1.807) is 19.1 Å². The van der Waals surface area contributed by atoms with Crippen LogP contribution in [-0.4, -0.2) is 25.5 Å². The summed E-state index contributed by atoms with van der Waals surface area (Å²) in [5.74, 6) is -1.18. The fraction of sp³-hybridized carbons (Fsp3) is 0.429. The van der Waals surface area contributed by atoms with Crippen LogP contribution in [0.5, 0.6) is 5.75 Å². The van der Waals surface area contributed by atoms with Crippen molar-refractivity contribution in [2.45, 2.75) is 46.1 Å². The average molecular weight is 391 g/mol. The highest BCUT2D eigenvalue weighted by molar-refractivity contribution is 6.04. The summed E-state index contributed by atoms with van der Waals surface area (Å²) in [5, 5.41) is 3.22. The largest absolute Gasteiger partial charge is 0.466 e. The van der Waals surface area contributed by atoms with Crippen LogP contribution in [0.1, 0.15) is 45.1 Å². The maximum absolute atomic E-state index is 13.0. The molecule has 5 nitrogen and oxygen atoms in total. The number of hydrogen-bond donors (Lipinski definition) is 1. The van der Waals surface area contributed by atoms with E-state index in [2.05, 4.69) is 10.1 Å². The first kappa shape index (κ1) is 20.0. The van der Waals surface area contributed by atoms with E-state index >= 15 is 0 Å². The van der Waals surface area contributed by atoms with Gasteiger partial charge in [0.15, 0.2) is 5.78 Å². The van der Waals surface area contributed by atoms with E-state index in [0.717, 1.165) is 5.70 Å². The van der Waals surface area contributed by atoms with Gasteiger partial charge >= 0.3 is 12.6 Å². The SMILES string of the molecule is COC(=O)C1=C(C)NC2=C(C(=O)CC(C)(C)C2)[C@@H]1c1ccc(OC(F)F)cc1. The minimum Gasteiger partial charge on any atom is -0.466 e. The number of nitrogens with one attached hydrogen (secondary N) is 1. The van der Waals surface area contributed by atoms with Crippen LogP contribution in [0.25, 0.3) is 0 Å². The maximum atomic E-state index is 13.0. The van der Waals surface area contributed by atoms with Gasteiger partial charge in [0.25, 0.3) is 0 Å². The van der Waals surface area contributed by atoms with Crippen molar-refractivity contribution in [1.29, 1.82) is 0 Å². The highest BCUT2D eigenvalue weighted by Crippen LogP contribution is 2.46. The molecule has 0 fully saturated rings. The molecule has 7 heteroatoms. The van der Waals surface area contributed by atoms with Crippen LogP contribution < -0.4 is 10.1 Å². The summed E-state index contributed by atoms with van der Waals surface area (Å²) >= 11 is 0. The Labute approximate surface area is 162 Å². The van der Waals surface area contributed by atoms with Gasteiger partial charge in [-0.05, 0) is 36.5 Å². The van der Waals surface area contributed by atoms with E-state index in [0.29, 0.717) is 35.2 Å². The van der Waals surface area contributed by atoms with Crippen molar-refractivity contribution < 1.29 is 27.8 Å². The van der Waals surface area contributed by atoms with Crippen LogP contribution in [0, 0.1) is 5.41 Å². The van der Waals surface area contributed by atoms with Crippen molar-refractivity contribution in [3.63, 3.8) is 0 Å². The first-order valence-electron chi connectivity index (χ1n) is 9.00. The Morgan fingerprint density at radius 2 is 1.86 bits per heavy atom. The van der Waals surface area contributed by atoms with Crippen molar-refractivity contribution in [1.82, 2.24) is 5.32 Å². The lowest BCUT2D eigenvalue weighted by Crippen LogP contribution is -2.38. The lowest BCUT2D eigenvalue weighted by Gasteiger charge is -2.39. The van der Waals surface area contributed by atoms with Crippen LogP contribution in [-0.2, 0) is 14.3 Å². The Morgan fingerprint density at radius 3 is 2.43 bits per heavy atom. The lowest BCUT2D eigenvalue weighted by molar-refractivity contribution is -0.136. The summed E-state index contributed by atoms with van der Waals surface area (Å²) in [6.07, 6.45) is 1.03. The highest BCUT2D eigenvalue weighted by atomic mass is 19.3. The molecule has 1 heterocycles. The first-order valence-corrected chi connectivity index (χ1v) is 9.00. The predicted octanol–water partition coefficient (Wildman–Crippen LogP) is 4.07. The lowest BCUT2D eigenvalue weighted by atomic mass is 9.68. The number of Topliss-reactive ketones (excluding diaryl/α,β-unsaturated/α-hetero) is 1. The van der Waals surface area contributed by atoms with E-state index in [1.165, 1.54) is 19.2 Å². The molecule has 0 radical (unpaired) electrons. The average Bonchev–Trinajstić information content (AvgIpc) is 2.59. The number of rotatable bonds is 4. The Balaban J connectivity index is 2.11. The molecule has 1 aromatic carbocycles. The highest BCUT2D eigenvalue weighted by Gasteiger charge is 2.42. The molecule has 1 aromatic rings. The van der Waals surface area contributed by atoms with Crippen LogP contribution in [0.15, 0.2) is 46.8 Å². The van der Waals surface area contributed by atoms with Gasteiger partial charge in [-0.25, -0.2) is 4.79 Å². The van der Waals surface area contributed by atoms with E-state index < -0.39 is 18.5 Å². The smallest absolute Gasteiger partial charge is 0.387 e. The van der Waals surface area contributed by atoms with Gasteiger partial charge in [-0.1, -0.05) is 26.0 Å². The summed E-state index contributed by atoms with van der Waals surface area (Å²) in [7, 11) is 1.29. The predicted molar refractivity (Wildman–Crippen MR) is 98.7 cm³/mol. The van der Waals surface area contributed by atoms with Gasteiger partial charge < -0.3 is 14.8 Å². The normalized spacial score (nSPS) is 21.4. The molecule has 1 N–H and O–H groups in total. The topological polar surface area (TPSA) is 64.6 Å². The van der Waals surface area contributed by atoms with Crippen LogP contribution in [0.2, 0.25) is 0 Å². The van der Waals surface area contributed by atoms with Crippen molar-refractivity contribution in [2.24, 2.45) is 5.41 Å². The Bertz CT molecular complexity index is 869. The number of dihydropyridines is 1. The fourth-order valence-electron chi connectivity index (χ4n) is 3.99. The van der Waals surface area contributed by atoms with Crippen molar-refractivity contribution in [2.75, 3.05) is 7.11 Å². The molecule has 3 rings (SSSR count). The van der Waals surface area contributed by atoms with Crippen molar-refractivity contribution in [3.05, 3.63) is 52.4 Å². The van der Waals surface area contributed by atoms with E-state index in [1.807, 2.05) is 13.8 Å². The number of alkyl halides is 2. The first-order chi connectivity index (χ1) is 13.1. The summed E-state index contributed by atoms with van der Waals surface area (Å²) < 4.78 is 34.2. The molecule has 1 aliphatic carbocycles. The maximum Gasteiger partial charge on any atom is 0.387 e. The van der Waals surface area contributed by atoms with Gasteiger partial charge in [-0.2, -0.15) is 8.78 Å². The minimum atomic E-state index is -2.92. The summed E-state index contributed by atoms with van der Waals surface area (Å²) in [6.45, 7) is 2.89. The molecule has 0 spiro atoms. The molecule has 0 amide bonds. The fourth-order valence-corrected chi connectivity index (χ4v) is 3.99. The number of carbonyl (C=O) groups is 2. The second-order valence-electron chi connectivity index (χ2n) is 7.87. The third kappa shape index (κ3) is 3.79. The number of halogens is 2. The number of carbonyl (C=O) groups excluding carboxylic acids is 2. The molecular formula is C21H23F2NO4. The van der Waals surface area contributed by atoms with Crippen LogP contribution >= 0.6 is 0 Å². The number of esters is 1. The third-order valence-corrected chi connectivity index (χ3v) is 5.08. The zero-order valence-corrected chi connectivity index (χ0v) is 16.3. The number of ketones is 1. The Hall–Kier alpha value is -2.70. The van der Waals surface area contributed by atoms with Crippen LogP contribution in [0.4, 0.5) is 8.78 Å². The van der Waals surface area contributed by atoms with Gasteiger partial charge in [0, 0.05) is 29.3 Å². The summed E-state index contributed by atoms with van der Waals surface area (Å²) in [4.78, 5) is 25.5. The minimum absolute atomic E-state index is 0.0123. The van der Waals surface area contributed by atoms with Crippen LogP contribution in [0.3, 0.4) is 0 Å². The third-order valence-electron chi connectivity index (χ3n) is 5.08. The molecule has 0 unspecified atom stereocenters. The Kier molecular flexibility index (Phi) is 5.28. The number of benzene rings is 1. The quantitative estimate of drug-likeness (QED) is 0.784. The second kappa shape index (κ2) is 7.37. The van der Waals surface area contributed by atoms with Gasteiger partial charge in [0.2, 0.25) is 0 Å². The standard InChI is InChI=1S/C21H23F2NO4/c1-11-16(19(26)27-4)17(12-5-7-13(8-6-12)28-20(22)23)18-14(24-11)9-21(2,3)10-15(18)25/h5-8,17,20,24H,9-10H2,1-4H3/t17-/m1/s1. The van der Waals surface area contributed by atoms with Gasteiger partial charge in [0.1, 0.15) is 5.75 Å². The Morgan fingerprint density at radius 1 is 1.21 bits per heavy atom. The zero-order valence-electron chi connectivity index (χ0n) is 16.3. The van der Waals surface area contributed by atoms with Crippen molar-refractivity contribution >= 4 is 11.8 Å². The monoisotopic (exact) mass is 391 g/mol. The molecule has 1 aliphatic heterocycles. The number of ether oxygens (including phenoxy) is 2. The van der Waals surface area contributed by atoms with Gasteiger partial charge in [-0.15, -0.1) is 0 Å². The van der Waals surface area contributed by atoms with Gasteiger partial charge in [0.05, 0.1) is 12.7 Å². The van der Waals surface area contributed by atoms with E-state index in [4.69, 9.17) is 4.74 Å². The number of hydrogen-bond acceptors (Lipinski definition) is 5. The molecule has 150 valence electrons. The molecule has 28 heavy (non-hydrogen) atoms. The molecule has 0 bridgehead atoms. The zero-order chi connectivity index (χ0) is 20.6. The van der Waals surface area contributed by atoms with E-state index in [-0.39, 0.29) is 16.9 Å². The molecular weight excluding hydrogens is 368 g/mol. The number of methoxy groups -OCH3 is 1. The van der Waals surface area contributed by atoms with E-state index in [9.17, 15) is 18.4 Å². The summed E-state index contributed by atoms with van der Waals surface area (Å²) in [6, 6.07) is 6.01. The molecule has 0 aromatic heterocycles. The molecule has 2 aliphatic rings. The van der Waals surface area contributed by atoms with Crippen molar-refractivity contribution in [3.8, 4) is 5.75 Å². The van der Waals surface area contributed by atoms with Gasteiger partial charge in [-0.3, -0.25) is 4.79 Å². The molecule has 0 saturated heterocycles.